The molecule has 0 amide bonds. The number of rotatable bonds is 2. The third kappa shape index (κ3) is 2.15. The first kappa shape index (κ1) is 13.6. The van der Waals surface area contributed by atoms with Crippen molar-refractivity contribution >= 4 is 43.3 Å². The van der Waals surface area contributed by atoms with E-state index < -0.39 is 0 Å². The molecular weight excluding hydrogens is 334 g/mol. The standard InChI is InChI=1S/C15H16BrN3S/c1-8(2)19-13-5-4-10(16)7-12(13)18-15(19)11-6-9(3)20-14(11)17/h4-8H,17H2,1-3H3. The van der Waals surface area contributed by atoms with Gasteiger partial charge in [0.15, 0.2) is 0 Å². The molecule has 2 N–H and O–H groups in total. The number of nitrogen functional groups attached to an aromatic ring is 1. The van der Waals surface area contributed by atoms with Crippen molar-refractivity contribution < 1.29 is 0 Å². The van der Waals surface area contributed by atoms with Crippen molar-refractivity contribution in [1.82, 2.24) is 9.55 Å². The third-order valence-electron chi connectivity index (χ3n) is 3.29. The van der Waals surface area contributed by atoms with Crippen LogP contribution in [0.25, 0.3) is 22.4 Å². The second-order valence-electron chi connectivity index (χ2n) is 5.17. The molecule has 3 aromatic rings. The van der Waals surface area contributed by atoms with Gasteiger partial charge in [-0.2, -0.15) is 0 Å². The van der Waals surface area contributed by atoms with Crippen LogP contribution in [0.1, 0.15) is 24.8 Å². The summed E-state index contributed by atoms with van der Waals surface area (Å²) < 4.78 is 3.29. The Kier molecular flexibility index (Phi) is 3.34. The van der Waals surface area contributed by atoms with Crippen LogP contribution in [0.2, 0.25) is 0 Å². The summed E-state index contributed by atoms with van der Waals surface area (Å²) in [5.74, 6) is 0.954. The summed E-state index contributed by atoms with van der Waals surface area (Å²) >= 11 is 5.12. The van der Waals surface area contributed by atoms with Crippen molar-refractivity contribution in [3.63, 3.8) is 0 Å². The van der Waals surface area contributed by atoms with Crippen molar-refractivity contribution in [2.24, 2.45) is 0 Å². The molecule has 0 saturated heterocycles. The molecule has 0 aliphatic rings. The number of hydrogen-bond donors (Lipinski definition) is 1. The Morgan fingerprint density at radius 3 is 2.65 bits per heavy atom. The molecule has 0 fully saturated rings. The molecule has 3 nitrogen and oxygen atoms in total. The zero-order valence-corrected chi connectivity index (χ0v) is 14.0. The van der Waals surface area contributed by atoms with Gasteiger partial charge < -0.3 is 10.3 Å². The smallest absolute Gasteiger partial charge is 0.144 e. The van der Waals surface area contributed by atoms with Gasteiger partial charge in [0, 0.05) is 15.4 Å². The average molecular weight is 350 g/mol. The second-order valence-corrected chi connectivity index (χ2v) is 7.37. The lowest BCUT2D eigenvalue weighted by atomic mass is 10.2. The van der Waals surface area contributed by atoms with E-state index in [2.05, 4.69) is 59.5 Å². The van der Waals surface area contributed by atoms with Crippen molar-refractivity contribution in [2.45, 2.75) is 26.8 Å². The van der Waals surface area contributed by atoms with Crippen LogP contribution in [0.3, 0.4) is 0 Å². The van der Waals surface area contributed by atoms with Crippen LogP contribution in [-0.4, -0.2) is 9.55 Å². The number of halogens is 1. The lowest BCUT2D eigenvalue weighted by Crippen LogP contribution is -2.03. The van der Waals surface area contributed by atoms with E-state index in [0.29, 0.717) is 6.04 Å². The van der Waals surface area contributed by atoms with Crippen molar-refractivity contribution in [3.05, 3.63) is 33.6 Å². The Balaban J connectivity index is 2.34. The van der Waals surface area contributed by atoms with Gasteiger partial charge in [-0.1, -0.05) is 15.9 Å². The number of anilines is 1. The highest BCUT2D eigenvalue weighted by molar-refractivity contribution is 9.10. The van der Waals surface area contributed by atoms with Gasteiger partial charge in [0.1, 0.15) is 5.82 Å². The normalized spacial score (nSPS) is 11.7. The Hall–Kier alpha value is -1.33. The van der Waals surface area contributed by atoms with Gasteiger partial charge >= 0.3 is 0 Å². The van der Waals surface area contributed by atoms with E-state index in [9.17, 15) is 0 Å². The molecule has 0 spiro atoms. The number of aromatic nitrogens is 2. The maximum absolute atomic E-state index is 6.15. The summed E-state index contributed by atoms with van der Waals surface area (Å²) in [6, 6.07) is 8.65. The molecule has 1 aromatic carbocycles. The van der Waals surface area contributed by atoms with Crippen molar-refractivity contribution in [2.75, 3.05) is 5.73 Å². The number of benzene rings is 1. The first-order valence-corrected chi connectivity index (χ1v) is 8.12. The van der Waals surface area contributed by atoms with E-state index in [1.54, 1.807) is 11.3 Å². The van der Waals surface area contributed by atoms with Gasteiger partial charge in [0.05, 0.1) is 21.6 Å². The molecule has 0 atom stereocenters. The van der Waals surface area contributed by atoms with Gasteiger partial charge in [-0.25, -0.2) is 4.98 Å². The molecule has 20 heavy (non-hydrogen) atoms. The zero-order valence-electron chi connectivity index (χ0n) is 11.6. The van der Waals surface area contributed by atoms with Crippen LogP contribution >= 0.6 is 27.3 Å². The highest BCUT2D eigenvalue weighted by Crippen LogP contribution is 2.36. The van der Waals surface area contributed by atoms with Crippen LogP contribution in [0.4, 0.5) is 5.00 Å². The zero-order chi connectivity index (χ0) is 14.4. The van der Waals surface area contributed by atoms with E-state index >= 15 is 0 Å². The molecule has 2 aromatic heterocycles. The lowest BCUT2D eigenvalue weighted by molar-refractivity contribution is 0.624. The summed E-state index contributed by atoms with van der Waals surface area (Å²) in [7, 11) is 0. The van der Waals surface area contributed by atoms with Gasteiger partial charge in [-0.3, -0.25) is 0 Å². The molecule has 0 saturated carbocycles. The van der Waals surface area contributed by atoms with Crippen LogP contribution in [0.15, 0.2) is 28.7 Å². The van der Waals surface area contributed by atoms with E-state index in [1.807, 2.05) is 6.07 Å². The number of imidazole rings is 1. The monoisotopic (exact) mass is 349 g/mol. The minimum Gasteiger partial charge on any atom is -0.390 e. The van der Waals surface area contributed by atoms with E-state index in [-0.39, 0.29) is 0 Å². The van der Waals surface area contributed by atoms with Crippen LogP contribution in [-0.2, 0) is 0 Å². The minimum absolute atomic E-state index is 0.329. The predicted molar refractivity (Wildman–Crippen MR) is 90.3 cm³/mol. The fourth-order valence-electron chi connectivity index (χ4n) is 2.49. The molecule has 0 aliphatic heterocycles. The Morgan fingerprint density at radius 2 is 2.05 bits per heavy atom. The fourth-order valence-corrected chi connectivity index (χ4v) is 3.62. The average Bonchev–Trinajstić information content (AvgIpc) is 2.88. The van der Waals surface area contributed by atoms with Gasteiger partial charge in [-0.15, -0.1) is 11.3 Å². The number of nitrogens with zero attached hydrogens (tertiary/aromatic N) is 2. The number of nitrogens with two attached hydrogens (primary N) is 1. The molecule has 104 valence electrons. The topological polar surface area (TPSA) is 43.8 Å². The maximum Gasteiger partial charge on any atom is 0.144 e. The van der Waals surface area contributed by atoms with Crippen LogP contribution in [0, 0.1) is 6.92 Å². The van der Waals surface area contributed by atoms with E-state index in [4.69, 9.17) is 10.7 Å². The Bertz CT molecular complexity index is 786. The Morgan fingerprint density at radius 1 is 1.30 bits per heavy atom. The first-order chi connectivity index (χ1) is 9.47. The molecule has 3 rings (SSSR count). The van der Waals surface area contributed by atoms with Crippen LogP contribution in [0.5, 0.6) is 0 Å². The summed E-state index contributed by atoms with van der Waals surface area (Å²) in [6.07, 6.45) is 0. The summed E-state index contributed by atoms with van der Waals surface area (Å²) in [6.45, 7) is 6.41. The summed E-state index contributed by atoms with van der Waals surface area (Å²) in [4.78, 5) is 6.01. The molecule has 0 unspecified atom stereocenters. The maximum atomic E-state index is 6.15. The van der Waals surface area contributed by atoms with Crippen LogP contribution < -0.4 is 5.73 Å². The number of aryl methyl sites for hydroxylation is 1. The minimum atomic E-state index is 0.329. The molecule has 0 bridgehead atoms. The largest absolute Gasteiger partial charge is 0.390 e. The quantitative estimate of drug-likeness (QED) is 0.707. The molecule has 2 heterocycles. The summed E-state index contributed by atoms with van der Waals surface area (Å²) in [5, 5.41) is 0.832. The highest BCUT2D eigenvalue weighted by Gasteiger charge is 2.18. The molecule has 0 aliphatic carbocycles. The molecule has 0 radical (unpaired) electrons. The van der Waals surface area contributed by atoms with Crippen molar-refractivity contribution in [1.29, 1.82) is 0 Å². The third-order valence-corrected chi connectivity index (χ3v) is 4.67. The Labute approximate surface area is 130 Å². The molecular formula is C15H16BrN3S. The number of hydrogen-bond acceptors (Lipinski definition) is 3. The lowest BCUT2D eigenvalue weighted by Gasteiger charge is -2.12. The highest BCUT2D eigenvalue weighted by atomic mass is 79.9. The van der Waals surface area contributed by atoms with Crippen molar-refractivity contribution in [3.8, 4) is 11.4 Å². The van der Waals surface area contributed by atoms with Gasteiger partial charge in [0.25, 0.3) is 0 Å². The second kappa shape index (κ2) is 4.90. The predicted octanol–water partition coefficient (Wildman–Crippen LogP) is 5.00. The van der Waals surface area contributed by atoms with E-state index in [0.717, 1.165) is 31.9 Å². The number of thiophene rings is 1. The molecule has 5 heteroatoms. The van der Waals surface area contributed by atoms with Gasteiger partial charge in [0.2, 0.25) is 0 Å². The number of fused-ring (bicyclic) bond motifs is 1. The SMILES string of the molecule is Cc1cc(-c2nc3cc(Br)ccc3n2C(C)C)c(N)s1. The first-order valence-electron chi connectivity index (χ1n) is 6.51. The van der Waals surface area contributed by atoms with E-state index in [1.165, 1.54) is 4.88 Å². The fraction of sp³-hybridized carbons (Fsp3) is 0.267. The summed E-state index contributed by atoms with van der Waals surface area (Å²) in [5.41, 5.74) is 9.32. The van der Waals surface area contributed by atoms with Gasteiger partial charge in [-0.05, 0) is 45.0 Å².